The number of carbonyl (C=O) groups excluding carboxylic acids is 1. The fraction of sp³-hybridized carbons (Fsp3) is 0.409. The van der Waals surface area contributed by atoms with Gasteiger partial charge in [0, 0.05) is 25.1 Å². The summed E-state index contributed by atoms with van der Waals surface area (Å²) >= 11 is 0. The molecule has 0 bridgehead atoms. The summed E-state index contributed by atoms with van der Waals surface area (Å²) in [6, 6.07) is 17.0. The van der Waals surface area contributed by atoms with Crippen LogP contribution < -0.4 is 0 Å². The third-order valence-corrected chi connectivity index (χ3v) is 5.64. The molecule has 0 saturated carbocycles. The van der Waals surface area contributed by atoms with E-state index in [1.165, 1.54) is 22.3 Å². The highest BCUT2D eigenvalue weighted by Crippen LogP contribution is 2.44. The third-order valence-electron chi connectivity index (χ3n) is 5.64. The van der Waals surface area contributed by atoms with E-state index in [0.29, 0.717) is 6.61 Å². The molecule has 0 aromatic heterocycles. The smallest absolute Gasteiger partial charge is 0.410 e. The Balaban J connectivity index is 1.47. The molecule has 26 heavy (non-hydrogen) atoms. The van der Waals surface area contributed by atoms with Gasteiger partial charge in [-0.25, -0.2) is 4.79 Å². The van der Waals surface area contributed by atoms with Crippen LogP contribution in [0.15, 0.2) is 48.5 Å². The number of carbonyl (C=O) groups is 1. The molecule has 2 aromatic carbocycles. The number of aliphatic hydroxyl groups excluding tert-OH is 1. The molecule has 1 amide bonds. The SMILES string of the molecule is O=C(OCC1c2ccccc2-c2ccccc21)N1CCC[C@@H]1CCCO. The summed E-state index contributed by atoms with van der Waals surface area (Å²) in [7, 11) is 0. The summed E-state index contributed by atoms with van der Waals surface area (Å²) in [5.41, 5.74) is 4.96. The second-order valence-electron chi connectivity index (χ2n) is 7.16. The highest BCUT2D eigenvalue weighted by molar-refractivity contribution is 5.79. The van der Waals surface area contributed by atoms with Gasteiger partial charge in [-0.3, -0.25) is 0 Å². The van der Waals surface area contributed by atoms with E-state index < -0.39 is 0 Å². The Kier molecular flexibility index (Phi) is 4.93. The molecule has 1 saturated heterocycles. The van der Waals surface area contributed by atoms with Gasteiger partial charge >= 0.3 is 6.09 Å². The van der Waals surface area contributed by atoms with E-state index in [0.717, 1.165) is 32.2 Å². The number of rotatable bonds is 5. The summed E-state index contributed by atoms with van der Waals surface area (Å²) < 4.78 is 5.76. The monoisotopic (exact) mass is 351 g/mol. The van der Waals surface area contributed by atoms with E-state index in [9.17, 15) is 4.79 Å². The van der Waals surface area contributed by atoms with Crippen LogP contribution in [0.4, 0.5) is 4.79 Å². The Morgan fingerprint density at radius 3 is 2.38 bits per heavy atom. The second-order valence-corrected chi connectivity index (χ2v) is 7.16. The van der Waals surface area contributed by atoms with Crippen LogP contribution in [0.25, 0.3) is 11.1 Å². The quantitative estimate of drug-likeness (QED) is 0.879. The maximum atomic E-state index is 12.6. The van der Waals surface area contributed by atoms with Gasteiger partial charge in [0.05, 0.1) is 0 Å². The molecule has 1 atom stereocenters. The Morgan fingerprint density at radius 1 is 1.08 bits per heavy atom. The number of amides is 1. The third kappa shape index (κ3) is 3.10. The van der Waals surface area contributed by atoms with Crippen LogP contribution in [0.3, 0.4) is 0 Å². The van der Waals surface area contributed by atoms with Gasteiger partial charge in [-0.2, -0.15) is 0 Å². The van der Waals surface area contributed by atoms with Gasteiger partial charge in [-0.05, 0) is 47.9 Å². The maximum absolute atomic E-state index is 12.6. The van der Waals surface area contributed by atoms with Gasteiger partial charge in [-0.15, -0.1) is 0 Å². The number of benzene rings is 2. The van der Waals surface area contributed by atoms with Crippen LogP contribution in [0.2, 0.25) is 0 Å². The Morgan fingerprint density at radius 2 is 1.73 bits per heavy atom. The number of likely N-dealkylation sites (tertiary alicyclic amines) is 1. The molecular formula is C22H25NO3. The molecule has 0 spiro atoms. The summed E-state index contributed by atoms with van der Waals surface area (Å²) in [5, 5.41) is 9.05. The predicted molar refractivity (Wildman–Crippen MR) is 101 cm³/mol. The minimum atomic E-state index is -0.215. The van der Waals surface area contributed by atoms with Gasteiger partial charge in [0.1, 0.15) is 6.61 Å². The van der Waals surface area contributed by atoms with Gasteiger partial charge in [0.25, 0.3) is 0 Å². The van der Waals surface area contributed by atoms with Crippen LogP contribution >= 0.6 is 0 Å². The van der Waals surface area contributed by atoms with E-state index >= 15 is 0 Å². The minimum Gasteiger partial charge on any atom is -0.448 e. The summed E-state index contributed by atoms with van der Waals surface area (Å²) in [6.07, 6.45) is 3.38. The van der Waals surface area contributed by atoms with E-state index in [1.54, 1.807) is 0 Å². The summed E-state index contributed by atoms with van der Waals surface area (Å²) in [5.74, 6) is 0.102. The lowest BCUT2D eigenvalue weighted by Gasteiger charge is -2.25. The molecule has 1 aliphatic heterocycles. The minimum absolute atomic E-state index is 0.102. The van der Waals surface area contributed by atoms with Crippen LogP contribution in [0.1, 0.15) is 42.7 Å². The standard InChI is InChI=1S/C22H25NO3/c24-14-6-8-16-7-5-13-23(16)22(25)26-15-21-19-11-3-1-9-17(19)18-10-2-4-12-20(18)21/h1-4,9-12,16,21,24H,5-8,13-15H2/t16-/m1/s1. The fourth-order valence-electron chi connectivity index (χ4n) is 4.38. The molecule has 0 unspecified atom stereocenters. The molecule has 1 heterocycles. The van der Waals surface area contributed by atoms with Crippen LogP contribution in [-0.2, 0) is 4.74 Å². The van der Waals surface area contributed by atoms with Crippen molar-refractivity contribution in [2.75, 3.05) is 19.8 Å². The topological polar surface area (TPSA) is 49.8 Å². The predicted octanol–water partition coefficient (Wildman–Crippen LogP) is 4.17. The maximum Gasteiger partial charge on any atom is 0.410 e. The molecular weight excluding hydrogens is 326 g/mol. The molecule has 1 N–H and O–H groups in total. The summed E-state index contributed by atoms with van der Waals surface area (Å²) in [6.45, 7) is 1.30. The van der Waals surface area contributed by atoms with Crippen molar-refractivity contribution >= 4 is 6.09 Å². The number of hydrogen-bond acceptors (Lipinski definition) is 3. The molecule has 1 aliphatic carbocycles. The molecule has 4 nitrogen and oxygen atoms in total. The van der Waals surface area contributed by atoms with Gasteiger partial charge in [0.2, 0.25) is 0 Å². The van der Waals surface area contributed by atoms with Crippen LogP contribution in [0.5, 0.6) is 0 Å². The van der Waals surface area contributed by atoms with Crippen molar-refractivity contribution in [3.8, 4) is 11.1 Å². The highest BCUT2D eigenvalue weighted by Gasteiger charge is 2.32. The van der Waals surface area contributed by atoms with E-state index in [1.807, 2.05) is 17.0 Å². The average molecular weight is 351 g/mol. The molecule has 136 valence electrons. The first kappa shape index (κ1) is 17.1. The van der Waals surface area contributed by atoms with Gasteiger partial charge in [0.15, 0.2) is 0 Å². The first-order valence-corrected chi connectivity index (χ1v) is 9.52. The Hall–Kier alpha value is -2.33. The normalized spacial score (nSPS) is 18.7. The van der Waals surface area contributed by atoms with Crippen molar-refractivity contribution in [1.29, 1.82) is 0 Å². The van der Waals surface area contributed by atoms with Crippen LogP contribution in [0, 0.1) is 0 Å². The lowest BCUT2D eigenvalue weighted by atomic mass is 9.98. The first-order chi connectivity index (χ1) is 12.8. The lowest BCUT2D eigenvalue weighted by Crippen LogP contribution is -2.36. The molecule has 4 heteroatoms. The Labute approximate surface area is 154 Å². The number of nitrogens with zero attached hydrogens (tertiary/aromatic N) is 1. The van der Waals surface area contributed by atoms with Crippen molar-refractivity contribution < 1.29 is 14.6 Å². The number of aliphatic hydroxyl groups is 1. The number of fused-ring (bicyclic) bond motifs is 3. The largest absolute Gasteiger partial charge is 0.448 e. The molecule has 2 aliphatic rings. The van der Waals surface area contributed by atoms with Crippen molar-refractivity contribution in [3.63, 3.8) is 0 Å². The first-order valence-electron chi connectivity index (χ1n) is 9.52. The van der Waals surface area contributed by atoms with E-state index in [-0.39, 0.29) is 24.7 Å². The van der Waals surface area contributed by atoms with Crippen molar-refractivity contribution in [1.82, 2.24) is 4.90 Å². The van der Waals surface area contributed by atoms with E-state index in [2.05, 4.69) is 36.4 Å². The number of hydrogen-bond donors (Lipinski definition) is 1. The molecule has 2 aromatic rings. The van der Waals surface area contributed by atoms with Gasteiger partial charge in [-0.1, -0.05) is 48.5 Å². The fourth-order valence-corrected chi connectivity index (χ4v) is 4.38. The van der Waals surface area contributed by atoms with Crippen LogP contribution in [-0.4, -0.2) is 41.9 Å². The van der Waals surface area contributed by atoms with Gasteiger partial charge < -0.3 is 14.7 Å². The molecule has 0 radical (unpaired) electrons. The molecule has 4 rings (SSSR count). The zero-order valence-electron chi connectivity index (χ0n) is 14.9. The summed E-state index contributed by atoms with van der Waals surface area (Å²) in [4.78, 5) is 14.5. The highest BCUT2D eigenvalue weighted by atomic mass is 16.6. The van der Waals surface area contributed by atoms with Crippen molar-refractivity contribution in [2.45, 2.75) is 37.6 Å². The van der Waals surface area contributed by atoms with E-state index in [4.69, 9.17) is 9.84 Å². The average Bonchev–Trinajstić information content (AvgIpc) is 3.27. The van der Waals surface area contributed by atoms with Crippen molar-refractivity contribution in [2.24, 2.45) is 0 Å². The Bertz CT molecular complexity index is 743. The zero-order valence-corrected chi connectivity index (χ0v) is 14.9. The lowest BCUT2D eigenvalue weighted by molar-refractivity contribution is 0.0929. The zero-order chi connectivity index (χ0) is 17.9. The number of ether oxygens (including phenoxy) is 1. The second kappa shape index (κ2) is 7.50. The van der Waals surface area contributed by atoms with Crippen molar-refractivity contribution in [3.05, 3.63) is 59.7 Å². The molecule has 1 fully saturated rings.